The minimum atomic E-state index is -0.788. The predicted octanol–water partition coefficient (Wildman–Crippen LogP) is 23.4. The molecular formula is C86H174N5O8S4+. The van der Waals surface area contributed by atoms with Crippen LogP contribution in [0.4, 0.5) is 0 Å². The summed E-state index contributed by atoms with van der Waals surface area (Å²) in [6, 6.07) is 0. The Kier molecular flexibility index (Phi) is 79.2. The number of ether oxygens (including phenoxy) is 4. The first-order valence-corrected chi connectivity index (χ1v) is 49.2. The van der Waals surface area contributed by atoms with Crippen LogP contribution in [-0.2, 0) is 33.3 Å². The van der Waals surface area contributed by atoms with E-state index in [1.807, 2.05) is 43.2 Å². The van der Waals surface area contributed by atoms with Gasteiger partial charge in [0.1, 0.15) is 0 Å². The third kappa shape index (κ3) is 75.4. The number of esters is 3. The molecule has 0 heterocycles. The number of aliphatic hydroxyl groups is 1. The van der Waals surface area contributed by atoms with Crippen LogP contribution < -0.4 is 5.32 Å². The van der Waals surface area contributed by atoms with E-state index in [4.69, 9.17) is 18.9 Å². The van der Waals surface area contributed by atoms with Crippen molar-refractivity contribution in [3.63, 3.8) is 0 Å². The standard InChI is InChI=1S/C86H174N5O8S4/c1-10-15-19-23-27-31-35-39-43-47-51-55-74-96-82(92)59-64-90(65-60-83(93)97-75-56-52-48-44-40-36-32-28-24-20-16-11-2)67-66-88(7)69-80-102-103-81-86(6,14-5)87-63-78-100-101-79-70-89(8)68-73-91(9,71-61-84(94)98-76-57-53-49-45-41-37-33-29-25-21-17-12-3)72-62-85(95)99-77-58-54-50-46-42-38-34-30-26-22-18-13-4/h82,87,92H,10-81H2,1-9H3/q+1. The molecule has 0 fully saturated rings. The van der Waals surface area contributed by atoms with Gasteiger partial charge in [0, 0.05) is 93.9 Å². The third-order valence-electron chi connectivity index (χ3n) is 21.1. The highest BCUT2D eigenvalue weighted by Gasteiger charge is 2.26. The average molecular weight is 1530 g/mol. The van der Waals surface area contributed by atoms with E-state index in [1.165, 1.54) is 257 Å². The van der Waals surface area contributed by atoms with Crippen LogP contribution in [0.2, 0.25) is 0 Å². The van der Waals surface area contributed by atoms with E-state index in [9.17, 15) is 19.5 Å². The lowest BCUT2D eigenvalue weighted by Gasteiger charge is -2.35. The van der Waals surface area contributed by atoms with Gasteiger partial charge in [-0.2, -0.15) is 0 Å². The smallest absolute Gasteiger partial charge is 0.311 e. The zero-order valence-electron chi connectivity index (χ0n) is 69.7. The lowest BCUT2D eigenvalue weighted by atomic mass is 10.0. The summed E-state index contributed by atoms with van der Waals surface area (Å²) in [5, 5.41) is 14.8. The van der Waals surface area contributed by atoms with Gasteiger partial charge in [0.05, 0.1) is 65.8 Å². The molecular weight excluding hydrogens is 1360 g/mol. The van der Waals surface area contributed by atoms with E-state index in [0.717, 1.165) is 127 Å². The number of nitrogens with one attached hydrogen (secondary N) is 1. The topological polar surface area (TPSA) is 130 Å². The molecule has 0 aliphatic carbocycles. The molecule has 0 saturated heterocycles. The molecule has 0 rings (SSSR count). The molecule has 0 radical (unpaired) electrons. The molecule has 0 aromatic carbocycles. The number of hydrogen-bond donors (Lipinski definition) is 2. The van der Waals surface area contributed by atoms with Crippen molar-refractivity contribution in [3.05, 3.63) is 0 Å². The first-order chi connectivity index (χ1) is 50.2. The molecule has 0 saturated carbocycles. The van der Waals surface area contributed by atoms with Crippen molar-refractivity contribution in [1.82, 2.24) is 20.0 Å². The first kappa shape index (κ1) is 103. The average Bonchev–Trinajstić information content (AvgIpc) is 0.901. The maximum Gasteiger partial charge on any atom is 0.311 e. The highest BCUT2D eigenvalue weighted by Crippen LogP contribution is 2.28. The zero-order chi connectivity index (χ0) is 75.3. The van der Waals surface area contributed by atoms with Gasteiger partial charge < -0.3 is 48.6 Å². The Morgan fingerprint density at radius 3 is 1.07 bits per heavy atom. The monoisotopic (exact) mass is 1530 g/mol. The molecule has 2 atom stereocenters. The largest absolute Gasteiger partial charge is 0.466 e. The van der Waals surface area contributed by atoms with Crippen molar-refractivity contribution < 1.29 is 42.9 Å². The van der Waals surface area contributed by atoms with Crippen molar-refractivity contribution in [2.75, 3.05) is 143 Å². The van der Waals surface area contributed by atoms with E-state index in [-0.39, 0.29) is 23.4 Å². The van der Waals surface area contributed by atoms with Gasteiger partial charge in [-0.25, -0.2) is 0 Å². The van der Waals surface area contributed by atoms with Gasteiger partial charge >= 0.3 is 17.9 Å². The van der Waals surface area contributed by atoms with Crippen molar-refractivity contribution in [2.45, 2.75) is 394 Å². The highest BCUT2D eigenvalue weighted by atomic mass is 33.1. The molecule has 0 aliphatic heterocycles. The maximum atomic E-state index is 13.1. The van der Waals surface area contributed by atoms with Crippen molar-refractivity contribution in [1.29, 1.82) is 0 Å². The zero-order valence-corrected chi connectivity index (χ0v) is 73.0. The molecule has 614 valence electrons. The van der Waals surface area contributed by atoms with Gasteiger partial charge in [-0.15, -0.1) is 0 Å². The SMILES string of the molecule is CCCCCCCCCCCCCCOC(=O)CCN(CCC(O)OCCCCCCCCCCCCCC)CCN(C)CCSSCC(C)(CC)NCCSSCCN(C)CC[N+](C)(CCC(=O)OCCCCCCCCCCCCCC)CCC(=O)OCCCCCCCCCCCCCC. The number of unbranched alkanes of at least 4 members (excludes halogenated alkanes) is 44. The van der Waals surface area contributed by atoms with Crippen LogP contribution in [-0.4, -0.2) is 197 Å². The molecule has 0 aliphatic rings. The van der Waals surface area contributed by atoms with Crippen molar-refractivity contribution >= 4 is 61.1 Å². The second kappa shape index (κ2) is 79.6. The van der Waals surface area contributed by atoms with Crippen LogP contribution in [0.15, 0.2) is 0 Å². The van der Waals surface area contributed by atoms with E-state index in [2.05, 4.69) is 82.7 Å². The summed E-state index contributed by atoms with van der Waals surface area (Å²) < 4.78 is 23.8. The Labute approximate surface area is 656 Å². The Bertz CT molecular complexity index is 1740. The van der Waals surface area contributed by atoms with E-state index in [0.29, 0.717) is 82.8 Å². The fourth-order valence-corrected chi connectivity index (χ4v) is 17.9. The summed E-state index contributed by atoms with van der Waals surface area (Å²) in [7, 11) is 14.4. The lowest BCUT2D eigenvalue weighted by molar-refractivity contribution is -0.908. The number of nitrogens with zero attached hydrogens (tertiary/aromatic N) is 4. The number of aliphatic hydroxyl groups excluding tert-OH is 1. The normalized spacial score (nSPS) is 12.9. The second-order valence-corrected chi connectivity index (χ2v) is 36.7. The van der Waals surface area contributed by atoms with Crippen LogP contribution in [0.5, 0.6) is 0 Å². The number of hydrogen-bond acceptors (Lipinski definition) is 16. The molecule has 13 nitrogen and oxygen atoms in total. The summed E-state index contributed by atoms with van der Waals surface area (Å²) in [5.74, 6) is 3.83. The van der Waals surface area contributed by atoms with Gasteiger partial charge in [-0.3, -0.25) is 14.4 Å². The number of carbonyl (C=O) groups is 3. The Hall–Kier alpha value is -0.470. The quantitative estimate of drug-likeness (QED) is 0.0149. The maximum absolute atomic E-state index is 13.1. The number of quaternary nitrogens is 1. The first-order valence-electron chi connectivity index (χ1n) is 44.2. The number of likely N-dealkylation sites (N-methyl/N-ethyl adjacent to an activating group) is 3. The van der Waals surface area contributed by atoms with E-state index >= 15 is 0 Å². The molecule has 0 spiro atoms. The minimum Gasteiger partial charge on any atom is -0.466 e. The van der Waals surface area contributed by atoms with Gasteiger partial charge in [0.2, 0.25) is 0 Å². The van der Waals surface area contributed by atoms with Crippen LogP contribution >= 0.6 is 43.2 Å². The van der Waals surface area contributed by atoms with Gasteiger partial charge in [0.15, 0.2) is 6.29 Å². The van der Waals surface area contributed by atoms with Crippen molar-refractivity contribution in [3.8, 4) is 0 Å². The summed E-state index contributed by atoms with van der Waals surface area (Å²) >= 11 is 0. The number of carbonyl (C=O) groups excluding carboxylic acids is 3. The Balaban J connectivity index is 4.92. The second-order valence-electron chi connectivity index (χ2n) is 31.4. The van der Waals surface area contributed by atoms with Gasteiger partial charge in [0.25, 0.3) is 0 Å². The fourth-order valence-electron chi connectivity index (χ4n) is 13.1. The summed E-state index contributed by atoms with van der Waals surface area (Å²) in [6.07, 6.45) is 63.9. The van der Waals surface area contributed by atoms with Crippen LogP contribution in [0, 0.1) is 0 Å². The third-order valence-corrected chi connectivity index (χ3v) is 26.1. The number of rotatable bonds is 86. The van der Waals surface area contributed by atoms with Gasteiger partial charge in [-0.05, 0) is 53.1 Å². The summed E-state index contributed by atoms with van der Waals surface area (Å²) in [6.45, 7) is 25.0. The van der Waals surface area contributed by atoms with E-state index < -0.39 is 6.29 Å². The summed E-state index contributed by atoms with van der Waals surface area (Å²) in [5.41, 5.74) is 0.0705. The molecule has 0 bridgehead atoms. The summed E-state index contributed by atoms with van der Waals surface area (Å²) in [4.78, 5) is 46.2. The predicted molar refractivity (Wildman–Crippen MR) is 456 cm³/mol. The lowest BCUT2D eigenvalue weighted by Crippen LogP contribution is -2.50. The van der Waals surface area contributed by atoms with Crippen LogP contribution in [0.3, 0.4) is 0 Å². The molecule has 2 unspecified atom stereocenters. The van der Waals surface area contributed by atoms with Gasteiger partial charge in [-0.1, -0.05) is 360 Å². The minimum absolute atomic E-state index is 0.0705. The Morgan fingerprint density at radius 2 is 0.699 bits per heavy atom. The molecule has 103 heavy (non-hydrogen) atoms. The molecule has 0 amide bonds. The molecule has 0 aromatic heterocycles. The van der Waals surface area contributed by atoms with E-state index in [1.54, 1.807) is 0 Å². The van der Waals surface area contributed by atoms with Crippen molar-refractivity contribution in [2.24, 2.45) is 0 Å². The van der Waals surface area contributed by atoms with Crippen LogP contribution in [0.25, 0.3) is 0 Å². The fraction of sp³-hybridized carbons (Fsp3) is 0.965. The Morgan fingerprint density at radius 1 is 0.379 bits per heavy atom. The molecule has 17 heteroatoms. The van der Waals surface area contributed by atoms with Crippen LogP contribution in [0.1, 0.15) is 382 Å². The molecule has 2 N–H and O–H groups in total. The highest BCUT2D eigenvalue weighted by molar-refractivity contribution is 8.77. The molecule has 0 aromatic rings.